The molecule has 4 nitrogen and oxygen atoms in total. The fourth-order valence-electron chi connectivity index (χ4n) is 3.33. The van der Waals surface area contributed by atoms with E-state index in [1.54, 1.807) is 6.33 Å². The molecule has 1 heterocycles. The van der Waals surface area contributed by atoms with Crippen molar-refractivity contribution in [1.82, 2.24) is 14.8 Å². The van der Waals surface area contributed by atoms with E-state index >= 15 is 0 Å². The average molecular weight is 234 g/mol. The number of fused-ring (bicyclic) bond motifs is 1. The molecule has 3 unspecified atom stereocenters. The molecule has 0 aromatic carbocycles. The monoisotopic (exact) mass is 234 g/mol. The van der Waals surface area contributed by atoms with E-state index < -0.39 is 0 Å². The Morgan fingerprint density at radius 3 is 2.88 bits per heavy atom. The topological polar surface area (TPSA) is 56.7 Å². The van der Waals surface area contributed by atoms with Crippen molar-refractivity contribution in [2.75, 3.05) is 0 Å². The Balaban J connectivity index is 1.59. The average Bonchev–Trinajstić information content (AvgIpc) is 2.75. The molecule has 2 fully saturated rings. The lowest BCUT2D eigenvalue weighted by Gasteiger charge is -2.20. The van der Waals surface area contributed by atoms with Crippen molar-refractivity contribution >= 4 is 0 Å². The largest absolute Gasteiger partial charge is 0.327 e. The van der Waals surface area contributed by atoms with Crippen LogP contribution in [0.1, 0.15) is 38.4 Å². The maximum atomic E-state index is 6.34. The molecule has 0 bridgehead atoms. The van der Waals surface area contributed by atoms with Gasteiger partial charge in [-0.1, -0.05) is 6.92 Å². The minimum absolute atomic E-state index is 0.280. The van der Waals surface area contributed by atoms with Crippen LogP contribution in [0, 0.1) is 17.8 Å². The number of nitrogens with two attached hydrogens (primary N) is 1. The Morgan fingerprint density at radius 2 is 2.18 bits per heavy atom. The van der Waals surface area contributed by atoms with E-state index in [4.69, 9.17) is 5.73 Å². The van der Waals surface area contributed by atoms with Crippen molar-refractivity contribution < 1.29 is 0 Å². The maximum absolute atomic E-state index is 6.34. The van der Waals surface area contributed by atoms with Crippen molar-refractivity contribution in [3.8, 4) is 0 Å². The quantitative estimate of drug-likeness (QED) is 0.842. The van der Waals surface area contributed by atoms with Crippen LogP contribution in [-0.4, -0.2) is 20.8 Å². The molecule has 3 atom stereocenters. The van der Waals surface area contributed by atoms with Crippen LogP contribution < -0.4 is 5.73 Å². The molecular formula is C13H22N4. The van der Waals surface area contributed by atoms with Gasteiger partial charge in [0.2, 0.25) is 0 Å². The minimum atomic E-state index is 0.280. The molecule has 1 aromatic rings. The van der Waals surface area contributed by atoms with E-state index in [0.29, 0.717) is 0 Å². The predicted octanol–water partition coefficient (Wildman–Crippen LogP) is 1.60. The summed E-state index contributed by atoms with van der Waals surface area (Å²) in [5.41, 5.74) is 6.34. The van der Waals surface area contributed by atoms with Gasteiger partial charge in [-0.3, -0.25) is 4.68 Å². The molecule has 0 spiro atoms. The number of rotatable bonds is 5. The summed E-state index contributed by atoms with van der Waals surface area (Å²) < 4.78 is 2.01. The number of hydrogen-bond donors (Lipinski definition) is 1. The van der Waals surface area contributed by atoms with Gasteiger partial charge in [0.15, 0.2) is 0 Å². The summed E-state index contributed by atoms with van der Waals surface area (Å²) in [7, 11) is 0. The van der Waals surface area contributed by atoms with Crippen molar-refractivity contribution in [1.29, 1.82) is 0 Å². The lowest BCUT2D eigenvalue weighted by molar-refractivity contribution is 0.381. The van der Waals surface area contributed by atoms with Gasteiger partial charge in [0.05, 0.1) is 0 Å². The molecular weight excluding hydrogens is 212 g/mol. The van der Waals surface area contributed by atoms with Crippen LogP contribution in [0.25, 0.3) is 0 Å². The predicted molar refractivity (Wildman–Crippen MR) is 66.3 cm³/mol. The van der Waals surface area contributed by atoms with Crippen molar-refractivity contribution in [3.05, 3.63) is 12.2 Å². The van der Waals surface area contributed by atoms with Gasteiger partial charge in [-0.25, -0.2) is 4.98 Å². The molecule has 3 rings (SSSR count). The van der Waals surface area contributed by atoms with Crippen LogP contribution in [0.5, 0.6) is 0 Å². The Labute approximate surface area is 103 Å². The van der Waals surface area contributed by atoms with Gasteiger partial charge < -0.3 is 5.73 Å². The van der Waals surface area contributed by atoms with E-state index in [1.165, 1.54) is 19.3 Å². The maximum Gasteiger partial charge on any atom is 0.138 e. The molecule has 1 aromatic heterocycles. The Hall–Kier alpha value is -0.900. The summed E-state index contributed by atoms with van der Waals surface area (Å²) in [4.78, 5) is 4.35. The first-order chi connectivity index (χ1) is 8.28. The molecule has 0 saturated heterocycles. The molecule has 17 heavy (non-hydrogen) atoms. The van der Waals surface area contributed by atoms with Crippen molar-refractivity contribution in [3.63, 3.8) is 0 Å². The van der Waals surface area contributed by atoms with Gasteiger partial charge in [-0.15, -0.1) is 0 Å². The highest BCUT2D eigenvalue weighted by molar-refractivity contribution is 5.01. The number of nitrogens with zero attached hydrogens (tertiary/aromatic N) is 3. The first-order valence-electron chi connectivity index (χ1n) is 6.90. The zero-order valence-corrected chi connectivity index (χ0v) is 10.5. The van der Waals surface area contributed by atoms with Crippen LogP contribution in [-0.2, 0) is 13.0 Å². The molecule has 0 amide bonds. The molecule has 0 radical (unpaired) electrons. The summed E-state index contributed by atoms with van der Waals surface area (Å²) in [5.74, 6) is 3.82. The second kappa shape index (κ2) is 4.41. The first-order valence-corrected chi connectivity index (χ1v) is 6.90. The van der Waals surface area contributed by atoms with E-state index in [1.807, 2.05) is 4.68 Å². The Morgan fingerprint density at radius 1 is 1.41 bits per heavy atom. The first kappa shape index (κ1) is 11.2. The van der Waals surface area contributed by atoms with Gasteiger partial charge in [0, 0.05) is 19.0 Å². The number of hydrogen-bond acceptors (Lipinski definition) is 3. The molecule has 2 saturated carbocycles. The van der Waals surface area contributed by atoms with Crippen LogP contribution in [0.15, 0.2) is 6.33 Å². The highest BCUT2D eigenvalue weighted by Crippen LogP contribution is 2.55. The summed E-state index contributed by atoms with van der Waals surface area (Å²) in [6.45, 7) is 3.12. The summed E-state index contributed by atoms with van der Waals surface area (Å²) in [6, 6.07) is 0.280. The van der Waals surface area contributed by atoms with Crippen LogP contribution in [0.3, 0.4) is 0 Å². The van der Waals surface area contributed by atoms with E-state index in [2.05, 4.69) is 17.0 Å². The highest BCUT2D eigenvalue weighted by Gasteiger charge is 2.47. The third-order valence-electron chi connectivity index (χ3n) is 4.43. The fourth-order valence-corrected chi connectivity index (χ4v) is 3.33. The Kier molecular flexibility index (Phi) is 2.90. The van der Waals surface area contributed by atoms with Crippen molar-refractivity contribution in [2.24, 2.45) is 23.5 Å². The molecule has 2 aliphatic rings. The third kappa shape index (κ3) is 2.23. The molecule has 2 aliphatic carbocycles. The smallest absolute Gasteiger partial charge is 0.138 e. The SMILES string of the molecule is CCCn1ncnc1CC(N)C1CC2CC2C1. The van der Waals surface area contributed by atoms with Gasteiger partial charge >= 0.3 is 0 Å². The summed E-state index contributed by atoms with van der Waals surface area (Å²) >= 11 is 0. The van der Waals surface area contributed by atoms with Crippen LogP contribution in [0.4, 0.5) is 0 Å². The second-order valence-electron chi connectivity index (χ2n) is 5.75. The van der Waals surface area contributed by atoms with Gasteiger partial charge in [0.25, 0.3) is 0 Å². The van der Waals surface area contributed by atoms with Gasteiger partial charge in [0.1, 0.15) is 12.2 Å². The van der Waals surface area contributed by atoms with Crippen molar-refractivity contribution in [2.45, 2.75) is 51.6 Å². The van der Waals surface area contributed by atoms with Crippen LogP contribution in [0.2, 0.25) is 0 Å². The van der Waals surface area contributed by atoms with E-state index in [9.17, 15) is 0 Å². The zero-order valence-electron chi connectivity index (χ0n) is 10.5. The Bertz CT molecular complexity index is 377. The number of aryl methyl sites for hydroxylation is 1. The molecule has 2 N–H and O–H groups in total. The lowest BCUT2D eigenvalue weighted by Crippen LogP contribution is -2.32. The van der Waals surface area contributed by atoms with E-state index in [0.717, 1.165) is 43.0 Å². The molecule has 0 aliphatic heterocycles. The third-order valence-corrected chi connectivity index (χ3v) is 4.43. The summed E-state index contributed by atoms with van der Waals surface area (Å²) in [5, 5.41) is 4.26. The standard InChI is InChI=1S/C13H22N4/c1-2-3-17-13(15-8-16-17)7-12(14)11-5-9-4-10(9)6-11/h8-12H,2-7,14H2,1H3. The minimum Gasteiger partial charge on any atom is -0.327 e. The zero-order chi connectivity index (χ0) is 11.8. The van der Waals surface area contributed by atoms with Gasteiger partial charge in [-0.05, 0) is 43.4 Å². The van der Waals surface area contributed by atoms with Gasteiger partial charge in [-0.2, -0.15) is 5.10 Å². The number of aromatic nitrogens is 3. The molecule has 94 valence electrons. The second-order valence-corrected chi connectivity index (χ2v) is 5.75. The summed E-state index contributed by atoms with van der Waals surface area (Å²) in [6.07, 6.45) is 7.82. The molecule has 4 heteroatoms. The van der Waals surface area contributed by atoms with Crippen LogP contribution >= 0.6 is 0 Å². The van der Waals surface area contributed by atoms with E-state index in [-0.39, 0.29) is 6.04 Å². The normalized spacial score (nSPS) is 32.5. The lowest BCUT2D eigenvalue weighted by atomic mass is 9.93. The highest BCUT2D eigenvalue weighted by atomic mass is 15.3. The fraction of sp³-hybridized carbons (Fsp3) is 0.846.